The molecule has 90 valence electrons. The molecule has 0 aromatic heterocycles. The smallest absolute Gasteiger partial charge is 0.00989 e. The molecule has 4 aromatic carbocycles. The zero-order chi connectivity index (χ0) is 12.8. The summed E-state index contributed by atoms with van der Waals surface area (Å²) in [6, 6.07) is 24.2. The monoisotopic (exact) mass is 242 g/mol. The van der Waals surface area contributed by atoms with E-state index in [-0.39, 0.29) is 0 Å². The van der Waals surface area contributed by atoms with E-state index in [0.717, 1.165) is 0 Å². The van der Waals surface area contributed by atoms with Crippen LogP contribution in [0.25, 0.3) is 32.3 Å². The molecule has 0 aliphatic rings. The van der Waals surface area contributed by atoms with E-state index in [1.54, 1.807) is 0 Å². The van der Waals surface area contributed by atoms with Gasteiger partial charge in [-0.15, -0.1) is 0 Å². The maximum atomic E-state index is 2.31. The molecule has 0 saturated carbocycles. The van der Waals surface area contributed by atoms with Crippen molar-refractivity contribution in [2.75, 3.05) is 0 Å². The summed E-state index contributed by atoms with van der Waals surface area (Å²) in [5, 5.41) is 7.98. The fourth-order valence-corrected chi connectivity index (χ4v) is 2.94. The van der Waals surface area contributed by atoms with Crippen LogP contribution in [0.5, 0.6) is 0 Å². The predicted molar refractivity (Wildman–Crippen MR) is 83.7 cm³/mol. The molecule has 0 saturated heterocycles. The highest BCUT2D eigenvalue weighted by Gasteiger charge is 2.03. The minimum Gasteiger partial charge on any atom is -0.0616 e. The topological polar surface area (TPSA) is 0 Å². The third-order valence-electron chi connectivity index (χ3n) is 3.96. The van der Waals surface area contributed by atoms with Crippen molar-refractivity contribution >= 4 is 32.3 Å². The van der Waals surface area contributed by atoms with Crippen LogP contribution in [0.1, 0.15) is 5.56 Å². The molecule has 4 rings (SSSR count). The molecule has 0 amide bonds. The second-order valence-corrected chi connectivity index (χ2v) is 5.16. The summed E-state index contributed by atoms with van der Waals surface area (Å²) in [6.45, 7) is 2.18. The Kier molecular flexibility index (Phi) is 2.13. The van der Waals surface area contributed by atoms with Crippen LogP contribution in [0.15, 0.2) is 66.7 Å². The van der Waals surface area contributed by atoms with Crippen molar-refractivity contribution < 1.29 is 0 Å². The molecule has 0 heteroatoms. The maximum Gasteiger partial charge on any atom is -0.00989 e. The van der Waals surface area contributed by atoms with Gasteiger partial charge in [-0.2, -0.15) is 0 Å². The molecule has 0 N–H and O–H groups in total. The Morgan fingerprint density at radius 3 is 2.16 bits per heavy atom. The number of hydrogen-bond acceptors (Lipinski definition) is 0. The zero-order valence-electron chi connectivity index (χ0n) is 10.9. The lowest BCUT2D eigenvalue weighted by atomic mass is 9.96. The quantitative estimate of drug-likeness (QED) is 0.284. The highest BCUT2D eigenvalue weighted by Crippen LogP contribution is 2.30. The Morgan fingerprint density at radius 1 is 0.526 bits per heavy atom. The Labute approximate surface area is 112 Å². The third kappa shape index (κ3) is 1.53. The molecule has 4 aromatic rings. The van der Waals surface area contributed by atoms with E-state index in [0.29, 0.717) is 0 Å². The van der Waals surface area contributed by atoms with Gasteiger partial charge in [-0.05, 0) is 56.9 Å². The Hall–Kier alpha value is -2.34. The Bertz CT molecular complexity index is 917. The van der Waals surface area contributed by atoms with Gasteiger partial charge in [-0.1, -0.05) is 54.6 Å². The van der Waals surface area contributed by atoms with Crippen molar-refractivity contribution in [1.29, 1.82) is 0 Å². The zero-order valence-corrected chi connectivity index (χ0v) is 10.9. The minimum absolute atomic E-state index is 1.31. The largest absolute Gasteiger partial charge is 0.0616 e. The first kappa shape index (κ1) is 10.6. The summed E-state index contributed by atoms with van der Waals surface area (Å²) in [5.41, 5.74) is 1.34. The highest BCUT2D eigenvalue weighted by molar-refractivity contribution is 6.12. The fraction of sp³-hybridized carbons (Fsp3) is 0.0526. The highest BCUT2D eigenvalue weighted by atomic mass is 14.1. The van der Waals surface area contributed by atoms with Gasteiger partial charge < -0.3 is 0 Å². The Balaban J connectivity index is 2.26. The number of rotatable bonds is 0. The standard InChI is InChI=1S/C19H14/c1-13-5-4-8-18-17(13)10-9-16-11-14-6-2-3-7-15(14)12-19(16)18/h2-12H,1H3. The molecular weight excluding hydrogens is 228 g/mol. The average Bonchev–Trinajstić information content (AvgIpc) is 2.45. The van der Waals surface area contributed by atoms with Crippen LogP contribution in [0.4, 0.5) is 0 Å². The van der Waals surface area contributed by atoms with Gasteiger partial charge >= 0.3 is 0 Å². The van der Waals surface area contributed by atoms with E-state index in [4.69, 9.17) is 0 Å². The predicted octanol–water partition coefficient (Wildman–Crippen LogP) is 5.45. The first-order chi connectivity index (χ1) is 9.33. The number of benzene rings is 4. The van der Waals surface area contributed by atoms with Gasteiger partial charge in [0, 0.05) is 0 Å². The summed E-state index contributed by atoms with van der Waals surface area (Å²) in [7, 11) is 0. The number of aryl methyl sites for hydroxylation is 1. The third-order valence-corrected chi connectivity index (χ3v) is 3.96. The molecule has 0 aliphatic heterocycles. The lowest BCUT2D eigenvalue weighted by Crippen LogP contribution is -1.82. The van der Waals surface area contributed by atoms with Crippen LogP contribution in [0, 0.1) is 6.92 Å². The van der Waals surface area contributed by atoms with Gasteiger partial charge in [-0.25, -0.2) is 0 Å². The summed E-state index contributed by atoms with van der Waals surface area (Å²) >= 11 is 0. The summed E-state index contributed by atoms with van der Waals surface area (Å²) < 4.78 is 0. The lowest BCUT2D eigenvalue weighted by Gasteiger charge is -2.08. The van der Waals surface area contributed by atoms with Crippen molar-refractivity contribution in [3.63, 3.8) is 0 Å². The van der Waals surface area contributed by atoms with Crippen molar-refractivity contribution in [2.24, 2.45) is 0 Å². The lowest BCUT2D eigenvalue weighted by molar-refractivity contribution is 1.54. The van der Waals surface area contributed by atoms with Gasteiger partial charge in [0.15, 0.2) is 0 Å². The van der Waals surface area contributed by atoms with Gasteiger partial charge in [-0.3, -0.25) is 0 Å². The van der Waals surface area contributed by atoms with Crippen LogP contribution in [-0.2, 0) is 0 Å². The number of hydrogen-bond donors (Lipinski definition) is 0. The second-order valence-electron chi connectivity index (χ2n) is 5.16. The molecular formula is C19H14. The maximum absolute atomic E-state index is 2.31. The molecule has 0 nitrogen and oxygen atoms in total. The van der Waals surface area contributed by atoms with Crippen molar-refractivity contribution in [3.05, 3.63) is 72.3 Å². The first-order valence-corrected chi connectivity index (χ1v) is 6.64. The van der Waals surface area contributed by atoms with Crippen LogP contribution in [-0.4, -0.2) is 0 Å². The molecule has 19 heavy (non-hydrogen) atoms. The molecule has 0 fully saturated rings. The fourth-order valence-electron chi connectivity index (χ4n) is 2.94. The van der Waals surface area contributed by atoms with Gasteiger partial charge in [0.05, 0.1) is 0 Å². The minimum atomic E-state index is 1.31. The van der Waals surface area contributed by atoms with E-state index in [1.165, 1.54) is 37.9 Å². The first-order valence-electron chi connectivity index (χ1n) is 6.64. The van der Waals surface area contributed by atoms with Crippen LogP contribution in [0.3, 0.4) is 0 Å². The molecule has 0 heterocycles. The summed E-state index contributed by atoms with van der Waals surface area (Å²) in [5.74, 6) is 0. The van der Waals surface area contributed by atoms with E-state index in [1.807, 2.05) is 0 Å². The van der Waals surface area contributed by atoms with Crippen molar-refractivity contribution in [3.8, 4) is 0 Å². The molecule has 0 bridgehead atoms. The molecule has 0 spiro atoms. The summed E-state index contributed by atoms with van der Waals surface area (Å²) in [4.78, 5) is 0. The summed E-state index contributed by atoms with van der Waals surface area (Å²) in [6.07, 6.45) is 0. The molecule has 0 atom stereocenters. The average molecular weight is 242 g/mol. The molecule has 0 radical (unpaired) electrons. The van der Waals surface area contributed by atoms with Gasteiger partial charge in [0.2, 0.25) is 0 Å². The van der Waals surface area contributed by atoms with Crippen LogP contribution >= 0.6 is 0 Å². The normalized spacial score (nSPS) is 11.4. The van der Waals surface area contributed by atoms with Gasteiger partial charge in [0.1, 0.15) is 0 Å². The SMILES string of the molecule is Cc1cccc2c1ccc1cc3ccccc3cc12. The van der Waals surface area contributed by atoms with E-state index >= 15 is 0 Å². The van der Waals surface area contributed by atoms with Gasteiger partial charge in [0.25, 0.3) is 0 Å². The van der Waals surface area contributed by atoms with Crippen LogP contribution < -0.4 is 0 Å². The van der Waals surface area contributed by atoms with Crippen LogP contribution in [0.2, 0.25) is 0 Å². The van der Waals surface area contributed by atoms with Crippen molar-refractivity contribution in [1.82, 2.24) is 0 Å². The van der Waals surface area contributed by atoms with Crippen molar-refractivity contribution in [2.45, 2.75) is 6.92 Å². The van der Waals surface area contributed by atoms with E-state index in [9.17, 15) is 0 Å². The molecule has 0 unspecified atom stereocenters. The Morgan fingerprint density at radius 2 is 1.32 bits per heavy atom. The van der Waals surface area contributed by atoms with E-state index < -0.39 is 0 Å². The van der Waals surface area contributed by atoms with E-state index in [2.05, 4.69) is 73.7 Å². The molecule has 0 aliphatic carbocycles. The second kappa shape index (κ2) is 3.83. The number of fused-ring (bicyclic) bond motifs is 4.